The molecule has 2 aliphatic carbocycles. The van der Waals surface area contributed by atoms with Crippen LogP contribution in [0.2, 0.25) is 0 Å². The molecule has 4 heterocycles. The van der Waals surface area contributed by atoms with Gasteiger partial charge in [-0.2, -0.15) is 0 Å². The molecule has 0 aromatic heterocycles. The van der Waals surface area contributed by atoms with Crippen LogP contribution in [0.1, 0.15) is 32.6 Å². The monoisotopic (exact) mass is 236 g/mol. The van der Waals surface area contributed by atoms with Gasteiger partial charge in [0.1, 0.15) is 12.1 Å². The first-order valence-corrected chi connectivity index (χ1v) is 6.46. The van der Waals surface area contributed by atoms with Gasteiger partial charge in [0.15, 0.2) is 12.1 Å². The summed E-state index contributed by atoms with van der Waals surface area (Å²) in [7, 11) is 0. The molecule has 0 amide bonds. The van der Waals surface area contributed by atoms with Gasteiger partial charge in [-0.25, -0.2) is 0 Å². The van der Waals surface area contributed by atoms with Gasteiger partial charge in [0, 0.05) is 12.8 Å². The van der Waals surface area contributed by atoms with Crippen LogP contribution in [0.15, 0.2) is 10.2 Å². The van der Waals surface area contributed by atoms with Crippen molar-refractivity contribution in [1.82, 2.24) is 0 Å². The van der Waals surface area contributed by atoms with E-state index in [4.69, 9.17) is 0 Å². The first-order chi connectivity index (χ1) is 8.12. The molecule has 17 heavy (non-hydrogen) atoms. The minimum atomic E-state index is -0.129. The molecule has 0 radical (unpaired) electrons. The second-order valence-corrected chi connectivity index (χ2v) is 6.05. The largest absolute Gasteiger partial charge is 0.600 e. The molecule has 6 heteroatoms. The van der Waals surface area contributed by atoms with Gasteiger partial charge in [0.25, 0.3) is 0 Å². The molecule has 2 fully saturated rings. The maximum absolute atomic E-state index is 11.9. The van der Waals surface area contributed by atoms with Crippen molar-refractivity contribution >= 4 is 0 Å². The van der Waals surface area contributed by atoms with Gasteiger partial charge in [-0.3, -0.25) is 0 Å². The number of azo groups is 2. The summed E-state index contributed by atoms with van der Waals surface area (Å²) in [6.07, 6.45) is 3.73. The summed E-state index contributed by atoms with van der Waals surface area (Å²) in [5, 5.41) is 32.2. The summed E-state index contributed by atoms with van der Waals surface area (Å²) in [6, 6.07) is -0.0463. The highest BCUT2D eigenvalue weighted by molar-refractivity contribution is 5.12. The molecule has 3 unspecified atom stereocenters. The van der Waals surface area contributed by atoms with Crippen LogP contribution in [0.4, 0.5) is 0 Å². The fourth-order valence-corrected chi connectivity index (χ4v) is 4.75. The zero-order valence-electron chi connectivity index (χ0n) is 9.82. The van der Waals surface area contributed by atoms with Crippen molar-refractivity contribution < 1.29 is 9.72 Å². The SMILES string of the molecule is C[C@]12C(C3CC[C@H]1[N+]([O-])=N3)C1CC[C@@H]2N=[N+]1[O-]. The maximum Gasteiger partial charge on any atom is 0.198 e. The molecule has 92 valence electrons. The highest BCUT2D eigenvalue weighted by atomic mass is 16.5. The number of fused-ring (bicyclic) bond motifs is 2. The van der Waals surface area contributed by atoms with Gasteiger partial charge in [-0.15, -0.1) is 0 Å². The molecule has 6 atom stereocenters. The quantitative estimate of drug-likeness (QED) is 0.473. The predicted molar refractivity (Wildman–Crippen MR) is 57.3 cm³/mol. The van der Waals surface area contributed by atoms with Crippen LogP contribution in [0.3, 0.4) is 0 Å². The third kappa shape index (κ3) is 0.940. The zero-order valence-corrected chi connectivity index (χ0v) is 9.82. The first kappa shape index (κ1) is 9.79. The smallest absolute Gasteiger partial charge is 0.198 e. The third-order valence-electron chi connectivity index (χ3n) is 5.52. The normalized spacial score (nSPS) is 55.2. The van der Waals surface area contributed by atoms with E-state index in [9.17, 15) is 10.4 Å². The molecular weight excluding hydrogens is 220 g/mol. The van der Waals surface area contributed by atoms with Crippen molar-refractivity contribution in [3.05, 3.63) is 10.4 Å². The van der Waals surface area contributed by atoms with Crippen molar-refractivity contribution in [3.63, 3.8) is 0 Å². The van der Waals surface area contributed by atoms with E-state index in [1.54, 1.807) is 0 Å². The molecule has 6 nitrogen and oxygen atoms in total. The Morgan fingerprint density at radius 3 is 2.59 bits per heavy atom. The second-order valence-electron chi connectivity index (χ2n) is 6.05. The van der Waals surface area contributed by atoms with Crippen LogP contribution >= 0.6 is 0 Å². The van der Waals surface area contributed by atoms with Gasteiger partial charge in [-0.1, -0.05) is 16.6 Å². The van der Waals surface area contributed by atoms with E-state index >= 15 is 0 Å². The Bertz CT molecular complexity index is 449. The highest BCUT2D eigenvalue weighted by Gasteiger charge is 2.70. The summed E-state index contributed by atoms with van der Waals surface area (Å²) in [4.78, 5) is 1.82. The number of rotatable bonds is 0. The van der Waals surface area contributed by atoms with Crippen LogP contribution < -0.4 is 0 Å². The van der Waals surface area contributed by atoms with E-state index in [0.29, 0.717) is 0 Å². The summed E-state index contributed by atoms with van der Waals surface area (Å²) >= 11 is 0. The van der Waals surface area contributed by atoms with Gasteiger partial charge in [0.05, 0.1) is 11.3 Å². The molecule has 2 saturated carbocycles. The fraction of sp³-hybridized carbons (Fsp3) is 1.00. The van der Waals surface area contributed by atoms with Crippen LogP contribution in [0.5, 0.6) is 0 Å². The van der Waals surface area contributed by atoms with Crippen molar-refractivity contribution in [1.29, 1.82) is 0 Å². The Hall–Kier alpha value is -1.20. The second kappa shape index (κ2) is 2.79. The van der Waals surface area contributed by atoms with Crippen LogP contribution in [0, 0.1) is 21.7 Å². The van der Waals surface area contributed by atoms with E-state index in [1.165, 1.54) is 0 Å². The minimum absolute atomic E-state index is 0.0229. The summed E-state index contributed by atoms with van der Waals surface area (Å²) in [5.74, 6) is 0.236. The van der Waals surface area contributed by atoms with E-state index < -0.39 is 0 Å². The lowest BCUT2D eigenvalue weighted by molar-refractivity contribution is -0.658. The maximum atomic E-state index is 11.9. The van der Waals surface area contributed by atoms with Crippen molar-refractivity contribution in [2.75, 3.05) is 0 Å². The molecule has 4 aliphatic heterocycles. The average Bonchev–Trinajstić information content (AvgIpc) is 2.30. The predicted octanol–water partition coefficient (Wildman–Crippen LogP) is 1.62. The topological polar surface area (TPSA) is 76.9 Å². The number of hydroxylamine groups is 2. The van der Waals surface area contributed by atoms with E-state index in [-0.39, 0.29) is 35.5 Å². The number of hydrogen-bond donors (Lipinski definition) is 0. The Morgan fingerprint density at radius 1 is 1.06 bits per heavy atom. The Kier molecular flexibility index (Phi) is 1.61. The first-order valence-electron chi connectivity index (χ1n) is 6.46. The molecule has 6 rings (SSSR count). The average molecular weight is 236 g/mol. The standard InChI is InChI=1S/C11H16N4O2/c1-11-8-4-3-7(14(16)13-8)10(11)6-2-5-9(11)15(17)12-6/h6-10H,2-5H2,1H3/t6?,7?,8-,9+,10?,11+/m0/s1. The molecule has 4 bridgehead atoms. The Labute approximate surface area is 99.2 Å². The zero-order chi connectivity index (χ0) is 11.8. The minimum Gasteiger partial charge on any atom is -0.600 e. The van der Waals surface area contributed by atoms with E-state index in [2.05, 4.69) is 17.2 Å². The lowest BCUT2D eigenvalue weighted by Gasteiger charge is -2.56. The molecule has 0 saturated heterocycles. The number of hydrogen-bond acceptors (Lipinski definition) is 4. The molecule has 0 aromatic carbocycles. The molecular formula is C11H16N4O2. The Morgan fingerprint density at radius 2 is 1.88 bits per heavy atom. The lowest BCUT2D eigenvalue weighted by Crippen LogP contribution is -2.69. The molecule has 0 N–H and O–H groups in total. The Balaban J connectivity index is 1.90. The van der Waals surface area contributed by atoms with E-state index in [1.807, 2.05) is 0 Å². The summed E-state index contributed by atoms with van der Waals surface area (Å²) in [6.45, 7) is 2.15. The lowest BCUT2D eigenvalue weighted by atomic mass is 9.51. The fourth-order valence-electron chi connectivity index (χ4n) is 4.75. The van der Waals surface area contributed by atoms with Gasteiger partial charge < -0.3 is 10.4 Å². The van der Waals surface area contributed by atoms with Crippen molar-refractivity contribution in [3.8, 4) is 0 Å². The van der Waals surface area contributed by atoms with Gasteiger partial charge in [0.2, 0.25) is 0 Å². The van der Waals surface area contributed by atoms with Crippen LogP contribution in [0.25, 0.3) is 0 Å². The molecule has 6 aliphatic rings. The van der Waals surface area contributed by atoms with Crippen molar-refractivity contribution in [2.24, 2.45) is 21.6 Å². The highest BCUT2D eigenvalue weighted by Crippen LogP contribution is 2.58. The van der Waals surface area contributed by atoms with Crippen LogP contribution in [-0.2, 0) is 0 Å². The van der Waals surface area contributed by atoms with Crippen molar-refractivity contribution in [2.45, 2.75) is 56.8 Å². The third-order valence-corrected chi connectivity index (χ3v) is 5.52. The van der Waals surface area contributed by atoms with Crippen LogP contribution in [-0.4, -0.2) is 33.9 Å². The summed E-state index contributed by atoms with van der Waals surface area (Å²) in [5.41, 5.74) is -0.129. The molecule has 0 aromatic rings. The molecule has 0 spiro atoms. The summed E-state index contributed by atoms with van der Waals surface area (Å²) < 4.78 is 0. The van der Waals surface area contributed by atoms with Gasteiger partial charge >= 0.3 is 0 Å². The van der Waals surface area contributed by atoms with Gasteiger partial charge in [-0.05, 0) is 23.1 Å². The number of nitrogens with zero attached hydrogens (tertiary/aromatic N) is 4. The van der Waals surface area contributed by atoms with E-state index in [0.717, 1.165) is 35.4 Å².